The zero-order valence-electron chi connectivity index (χ0n) is 16.3. The summed E-state index contributed by atoms with van der Waals surface area (Å²) in [7, 11) is 3.17. The van der Waals surface area contributed by atoms with Gasteiger partial charge in [0.05, 0.1) is 26.3 Å². The highest BCUT2D eigenvalue weighted by atomic mass is 16.5. The van der Waals surface area contributed by atoms with E-state index < -0.39 is 0 Å². The third kappa shape index (κ3) is 4.17. The molecule has 28 heavy (non-hydrogen) atoms. The highest BCUT2D eigenvalue weighted by molar-refractivity contribution is 5.94. The van der Waals surface area contributed by atoms with Crippen LogP contribution in [0.1, 0.15) is 29.3 Å². The minimum absolute atomic E-state index is 0.112. The molecule has 0 spiro atoms. The Labute approximate surface area is 163 Å². The minimum atomic E-state index is -0.204. The molecule has 0 aliphatic rings. The van der Waals surface area contributed by atoms with Gasteiger partial charge in [0.1, 0.15) is 11.5 Å². The highest BCUT2D eigenvalue weighted by Crippen LogP contribution is 2.20. The van der Waals surface area contributed by atoms with Gasteiger partial charge in [0.2, 0.25) is 0 Å². The van der Waals surface area contributed by atoms with E-state index in [2.05, 4.69) is 4.98 Å². The lowest BCUT2D eigenvalue weighted by molar-refractivity contribution is 0.0742. The van der Waals surface area contributed by atoms with Crippen LogP contribution >= 0.6 is 0 Å². The number of hydrogen-bond acceptors (Lipinski definition) is 4. The van der Waals surface area contributed by atoms with Crippen LogP contribution in [0.5, 0.6) is 11.5 Å². The highest BCUT2D eigenvalue weighted by Gasteiger charge is 2.17. The number of hydrogen-bond donors (Lipinski definition) is 1. The standard InChI is InChI=1S/C22H24N2O4/c1-4-11-24(22(26)15-5-8-18(27-2)9-6-15)14-17-12-16-7-10-19(28-3)13-20(16)23-21(17)25/h5-10,12-13H,4,11,14H2,1-3H3,(H,23,25). The summed E-state index contributed by atoms with van der Waals surface area (Å²) in [5.74, 6) is 1.26. The Kier molecular flexibility index (Phi) is 5.99. The van der Waals surface area contributed by atoms with E-state index in [0.29, 0.717) is 34.7 Å². The van der Waals surface area contributed by atoms with Gasteiger partial charge in [-0.15, -0.1) is 0 Å². The fourth-order valence-electron chi connectivity index (χ4n) is 3.11. The van der Waals surface area contributed by atoms with Gasteiger partial charge in [-0.05, 0) is 54.3 Å². The zero-order chi connectivity index (χ0) is 20.1. The topological polar surface area (TPSA) is 71.6 Å². The van der Waals surface area contributed by atoms with Gasteiger partial charge >= 0.3 is 0 Å². The van der Waals surface area contributed by atoms with Crippen molar-refractivity contribution in [2.75, 3.05) is 20.8 Å². The molecule has 6 nitrogen and oxygen atoms in total. The maximum Gasteiger partial charge on any atom is 0.254 e. The average Bonchev–Trinajstić information content (AvgIpc) is 2.73. The largest absolute Gasteiger partial charge is 0.497 e. The smallest absolute Gasteiger partial charge is 0.254 e. The Hall–Kier alpha value is -3.28. The number of ether oxygens (including phenoxy) is 2. The molecule has 6 heteroatoms. The Balaban J connectivity index is 1.89. The Morgan fingerprint density at radius 1 is 1.00 bits per heavy atom. The van der Waals surface area contributed by atoms with E-state index in [9.17, 15) is 9.59 Å². The second-order valence-corrected chi connectivity index (χ2v) is 6.53. The summed E-state index contributed by atoms with van der Waals surface area (Å²) >= 11 is 0. The SMILES string of the molecule is CCCN(Cc1cc2ccc(OC)cc2[nH]c1=O)C(=O)c1ccc(OC)cc1. The van der Waals surface area contributed by atoms with Crippen molar-refractivity contribution in [3.05, 3.63) is 70.0 Å². The Morgan fingerprint density at radius 2 is 1.68 bits per heavy atom. The number of H-pyrrole nitrogens is 1. The lowest BCUT2D eigenvalue weighted by Gasteiger charge is -2.22. The summed E-state index contributed by atoms with van der Waals surface area (Å²) in [6.45, 7) is 2.81. The third-order valence-electron chi connectivity index (χ3n) is 4.61. The first-order chi connectivity index (χ1) is 13.5. The van der Waals surface area contributed by atoms with Crippen molar-refractivity contribution < 1.29 is 14.3 Å². The molecule has 1 heterocycles. The maximum atomic E-state index is 13.0. The molecular formula is C22H24N2O4. The number of aromatic amines is 1. The van der Waals surface area contributed by atoms with E-state index in [1.54, 1.807) is 49.5 Å². The molecule has 0 aliphatic heterocycles. The van der Waals surface area contributed by atoms with Crippen LogP contribution in [0.2, 0.25) is 0 Å². The minimum Gasteiger partial charge on any atom is -0.497 e. The van der Waals surface area contributed by atoms with E-state index in [-0.39, 0.29) is 18.0 Å². The van der Waals surface area contributed by atoms with Crippen molar-refractivity contribution in [1.82, 2.24) is 9.88 Å². The number of rotatable bonds is 7. The van der Waals surface area contributed by atoms with Crippen LogP contribution in [0.4, 0.5) is 0 Å². The molecule has 0 atom stereocenters. The van der Waals surface area contributed by atoms with E-state index in [0.717, 1.165) is 11.8 Å². The van der Waals surface area contributed by atoms with Gasteiger partial charge in [0.15, 0.2) is 0 Å². The molecule has 146 valence electrons. The zero-order valence-corrected chi connectivity index (χ0v) is 16.3. The van der Waals surface area contributed by atoms with Gasteiger partial charge < -0.3 is 19.4 Å². The van der Waals surface area contributed by atoms with Crippen molar-refractivity contribution in [2.45, 2.75) is 19.9 Å². The second-order valence-electron chi connectivity index (χ2n) is 6.53. The molecule has 0 bridgehead atoms. The number of carbonyl (C=O) groups is 1. The van der Waals surface area contributed by atoms with Crippen molar-refractivity contribution in [1.29, 1.82) is 0 Å². The van der Waals surface area contributed by atoms with Crippen molar-refractivity contribution in [2.24, 2.45) is 0 Å². The molecule has 0 fully saturated rings. The fourth-order valence-corrected chi connectivity index (χ4v) is 3.11. The number of pyridine rings is 1. The summed E-state index contributed by atoms with van der Waals surface area (Å²) < 4.78 is 10.3. The van der Waals surface area contributed by atoms with Crippen molar-refractivity contribution in [3.63, 3.8) is 0 Å². The quantitative estimate of drug-likeness (QED) is 0.680. The van der Waals surface area contributed by atoms with E-state index in [1.807, 2.05) is 25.1 Å². The first-order valence-electron chi connectivity index (χ1n) is 9.19. The molecule has 0 saturated heterocycles. The fraction of sp³-hybridized carbons (Fsp3) is 0.273. The molecule has 3 aromatic rings. The predicted octanol–water partition coefficient (Wildman–Crippen LogP) is 3.60. The lowest BCUT2D eigenvalue weighted by atomic mass is 10.1. The molecule has 0 unspecified atom stereocenters. The number of nitrogens with one attached hydrogen (secondary N) is 1. The van der Waals surface area contributed by atoms with E-state index in [1.165, 1.54) is 0 Å². The molecule has 1 aromatic heterocycles. The second kappa shape index (κ2) is 8.61. The van der Waals surface area contributed by atoms with Crippen molar-refractivity contribution in [3.8, 4) is 11.5 Å². The summed E-state index contributed by atoms with van der Waals surface area (Å²) in [4.78, 5) is 30.1. The molecule has 2 aromatic carbocycles. The number of methoxy groups -OCH3 is 2. The molecule has 0 saturated carbocycles. The molecule has 0 radical (unpaired) electrons. The Morgan fingerprint density at radius 3 is 2.32 bits per heavy atom. The summed E-state index contributed by atoms with van der Waals surface area (Å²) in [6.07, 6.45) is 0.796. The van der Waals surface area contributed by atoms with Crippen LogP contribution in [-0.2, 0) is 6.54 Å². The number of nitrogens with zero attached hydrogens (tertiary/aromatic N) is 1. The molecule has 3 rings (SSSR count). The number of amides is 1. The van der Waals surface area contributed by atoms with Crippen molar-refractivity contribution >= 4 is 16.8 Å². The summed E-state index contributed by atoms with van der Waals surface area (Å²) in [5, 5.41) is 0.892. The Bertz CT molecular complexity index is 1020. The van der Waals surface area contributed by atoms with E-state index in [4.69, 9.17) is 9.47 Å². The van der Waals surface area contributed by atoms with E-state index >= 15 is 0 Å². The van der Waals surface area contributed by atoms with Crippen LogP contribution in [0.15, 0.2) is 53.3 Å². The third-order valence-corrected chi connectivity index (χ3v) is 4.61. The normalized spacial score (nSPS) is 10.7. The van der Waals surface area contributed by atoms with Crippen LogP contribution < -0.4 is 15.0 Å². The maximum absolute atomic E-state index is 13.0. The summed E-state index contributed by atoms with van der Waals surface area (Å²) in [5.41, 5.74) is 1.62. The number of benzene rings is 2. The van der Waals surface area contributed by atoms with Gasteiger partial charge in [0, 0.05) is 23.7 Å². The first kappa shape index (κ1) is 19.5. The number of aromatic nitrogens is 1. The van der Waals surface area contributed by atoms with Gasteiger partial charge in [-0.25, -0.2) is 0 Å². The van der Waals surface area contributed by atoms with Crippen LogP contribution in [0.25, 0.3) is 10.9 Å². The molecular weight excluding hydrogens is 356 g/mol. The predicted molar refractivity (Wildman–Crippen MR) is 109 cm³/mol. The van der Waals surface area contributed by atoms with Gasteiger partial charge in [0.25, 0.3) is 11.5 Å². The first-order valence-corrected chi connectivity index (χ1v) is 9.19. The summed E-state index contributed by atoms with van der Waals surface area (Å²) in [6, 6.07) is 14.3. The van der Waals surface area contributed by atoms with Gasteiger partial charge in [-0.2, -0.15) is 0 Å². The van der Waals surface area contributed by atoms with Gasteiger partial charge in [-0.1, -0.05) is 6.92 Å². The molecule has 0 aliphatic carbocycles. The molecule has 1 amide bonds. The number of fused-ring (bicyclic) bond motifs is 1. The van der Waals surface area contributed by atoms with Gasteiger partial charge in [-0.3, -0.25) is 9.59 Å². The molecule has 1 N–H and O–H groups in total. The van der Waals surface area contributed by atoms with Crippen LogP contribution in [-0.4, -0.2) is 36.6 Å². The van der Waals surface area contributed by atoms with Crippen LogP contribution in [0.3, 0.4) is 0 Å². The lowest BCUT2D eigenvalue weighted by Crippen LogP contribution is -2.33. The average molecular weight is 380 g/mol. The number of carbonyl (C=O) groups excluding carboxylic acids is 1. The monoisotopic (exact) mass is 380 g/mol. The van der Waals surface area contributed by atoms with Crippen LogP contribution in [0, 0.1) is 0 Å².